The summed E-state index contributed by atoms with van der Waals surface area (Å²) >= 11 is 1.48. The van der Waals surface area contributed by atoms with Crippen LogP contribution in [0.15, 0.2) is 23.6 Å². The highest BCUT2D eigenvalue weighted by atomic mass is 32.2. The van der Waals surface area contributed by atoms with Crippen LogP contribution in [0.25, 0.3) is 0 Å². The molecule has 0 fully saturated rings. The maximum absolute atomic E-state index is 10.7. The van der Waals surface area contributed by atoms with Crippen molar-refractivity contribution >= 4 is 23.4 Å². The third kappa shape index (κ3) is 2.78. The van der Waals surface area contributed by atoms with Gasteiger partial charge in [-0.2, -0.15) is 10.1 Å². The first kappa shape index (κ1) is 17.2. The number of aliphatic hydroxyl groups excluding tert-OH is 1. The summed E-state index contributed by atoms with van der Waals surface area (Å²) in [6.07, 6.45) is 4.81. The number of hydrogen-bond acceptors (Lipinski definition) is 7. The van der Waals surface area contributed by atoms with Crippen molar-refractivity contribution in [2.75, 3.05) is 11.3 Å². The van der Waals surface area contributed by atoms with Crippen molar-refractivity contribution in [3.63, 3.8) is 0 Å². The SMILES string of the molecule is CSc1ncc2c(n1)N(c1ccn(C(C)(C)C)n1)N(C(C)C)C2O. The van der Waals surface area contributed by atoms with Gasteiger partial charge in [-0.3, -0.25) is 4.68 Å². The number of aromatic nitrogens is 4. The topological polar surface area (TPSA) is 70.3 Å². The first-order valence-electron chi connectivity index (χ1n) is 7.97. The van der Waals surface area contributed by atoms with E-state index >= 15 is 0 Å². The van der Waals surface area contributed by atoms with Gasteiger partial charge in [-0.15, -0.1) is 0 Å². The number of fused-ring (bicyclic) bond motifs is 1. The molecule has 2 aromatic rings. The van der Waals surface area contributed by atoms with E-state index in [4.69, 9.17) is 5.10 Å². The molecule has 24 heavy (non-hydrogen) atoms. The quantitative estimate of drug-likeness (QED) is 0.675. The fourth-order valence-electron chi connectivity index (χ4n) is 2.72. The number of nitrogens with zero attached hydrogens (tertiary/aromatic N) is 6. The number of aliphatic hydroxyl groups is 1. The second-order valence-electron chi connectivity index (χ2n) is 7.08. The Morgan fingerprint density at radius 1 is 1.29 bits per heavy atom. The van der Waals surface area contributed by atoms with Crippen LogP contribution in [0.4, 0.5) is 11.6 Å². The smallest absolute Gasteiger partial charge is 0.189 e. The van der Waals surface area contributed by atoms with Gasteiger partial charge in [0.2, 0.25) is 0 Å². The van der Waals surface area contributed by atoms with E-state index in [9.17, 15) is 5.11 Å². The normalized spacial score (nSPS) is 18.5. The molecule has 7 nitrogen and oxygen atoms in total. The monoisotopic (exact) mass is 348 g/mol. The van der Waals surface area contributed by atoms with Gasteiger partial charge in [0.05, 0.1) is 11.1 Å². The molecule has 0 spiro atoms. The van der Waals surface area contributed by atoms with Crippen LogP contribution >= 0.6 is 11.8 Å². The molecule has 0 aliphatic carbocycles. The van der Waals surface area contributed by atoms with Crippen molar-refractivity contribution in [3.05, 3.63) is 24.0 Å². The second kappa shape index (κ2) is 6.02. The summed E-state index contributed by atoms with van der Waals surface area (Å²) in [7, 11) is 0. The van der Waals surface area contributed by atoms with Crippen molar-refractivity contribution in [2.45, 2.75) is 57.6 Å². The third-order valence-corrected chi connectivity index (χ3v) is 4.49. The van der Waals surface area contributed by atoms with E-state index in [1.165, 1.54) is 11.8 Å². The van der Waals surface area contributed by atoms with Crippen LogP contribution in [-0.2, 0) is 5.54 Å². The maximum atomic E-state index is 10.7. The van der Waals surface area contributed by atoms with E-state index in [1.54, 1.807) is 6.20 Å². The zero-order valence-corrected chi connectivity index (χ0v) is 15.7. The summed E-state index contributed by atoms with van der Waals surface area (Å²) in [5.41, 5.74) is 0.588. The molecule has 1 atom stereocenters. The van der Waals surface area contributed by atoms with Gasteiger partial charge in [0.1, 0.15) is 0 Å². The standard InChI is InChI=1S/C16H24N6OS/c1-10(2)21-14(23)11-9-17-15(24-6)18-13(11)22(21)12-7-8-20(19-12)16(3,4)5/h7-10,14,23H,1-6H3. The predicted octanol–water partition coefficient (Wildman–Crippen LogP) is 2.92. The van der Waals surface area contributed by atoms with Crippen LogP contribution in [0.1, 0.15) is 46.4 Å². The van der Waals surface area contributed by atoms with Gasteiger partial charge in [-0.25, -0.2) is 15.0 Å². The molecule has 3 heterocycles. The lowest BCUT2D eigenvalue weighted by Crippen LogP contribution is -2.42. The van der Waals surface area contributed by atoms with Gasteiger partial charge in [-0.05, 0) is 40.9 Å². The minimum absolute atomic E-state index is 0.0757. The molecular weight excluding hydrogens is 324 g/mol. The molecule has 0 saturated carbocycles. The molecule has 3 rings (SSSR count). The molecule has 0 saturated heterocycles. The zero-order chi connectivity index (χ0) is 17.6. The van der Waals surface area contributed by atoms with E-state index in [1.807, 2.05) is 47.1 Å². The molecule has 1 aliphatic rings. The average molecular weight is 348 g/mol. The van der Waals surface area contributed by atoms with Gasteiger partial charge in [0.15, 0.2) is 23.0 Å². The van der Waals surface area contributed by atoms with Gasteiger partial charge in [0.25, 0.3) is 0 Å². The fourth-order valence-corrected chi connectivity index (χ4v) is 3.05. The second-order valence-corrected chi connectivity index (χ2v) is 7.86. The Labute approximate surface area is 146 Å². The van der Waals surface area contributed by atoms with E-state index in [-0.39, 0.29) is 11.6 Å². The number of anilines is 2. The molecule has 0 radical (unpaired) electrons. The van der Waals surface area contributed by atoms with E-state index in [0.29, 0.717) is 16.5 Å². The molecule has 1 N–H and O–H groups in total. The Balaban J connectivity index is 2.12. The van der Waals surface area contributed by atoms with E-state index in [0.717, 1.165) is 5.82 Å². The summed E-state index contributed by atoms with van der Waals surface area (Å²) in [6, 6.07) is 2.02. The van der Waals surface area contributed by atoms with E-state index < -0.39 is 6.23 Å². The minimum Gasteiger partial charge on any atom is -0.372 e. The Morgan fingerprint density at radius 2 is 2.00 bits per heavy atom. The van der Waals surface area contributed by atoms with Gasteiger partial charge >= 0.3 is 0 Å². The number of rotatable bonds is 3. The molecule has 8 heteroatoms. The van der Waals surface area contributed by atoms with Crippen LogP contribution in [-0.4, -0.2) is 42.2 Å². The maximum Gasteiger partial charge on any atom is 0.189 e. The third-order valence-electron chi connectivity index (χ3n) is 3.93. The summed E-state index contributed by atoms with van der Waals surface area (Å²) in [4.78, 5) is 8.91. The summed E-state index contributed by atoms with van der Waals surface area (Å²) in [5.74, 6) is 1.43. The van der Waals surface area contributed by atoms with Crippen LogP contribution in [0, 0.1) is 0 Å². The zero-order valence-electron chi connectivity index (χ0n) is 14.9. The van der Waals surface area contributed by atoms with E-state index in [2.05, 4.69) is 30.7 Å². The van der Waals surface area contributed by atoms with Crippen LogP contribution in [0.3, 0.4) is 0 Å². The highest BCUT2D eigenvalue weighted by Gasteiger charge is 2.41. The first-order valence-corrected chi connectivity index (χ1v) is 9.20. The van der Waals surface area contributed by atoms with Crippen molar-refractivity contribution < 1.29 is 5.11 Å². The van der Waals surface area contributed by atoms with Gasteiger partial charge in [0, 0.05) is 24.5 Å². The Kier molecular flexibility index (Phi) is 4.31. The fraction of sp³-hybridized carbons (Fsp3) is 0.562. The average Bonchev–Trinajstić information content (AvgIpc) is 3.09. The Bertz CT molecular complexity index is 738. The van der Waals surface area contributed by atoms with Gasteiger partial charge in [-0.1, -0.05) is 11.8 Å². The van der Waals surface area contributed by atoms with Crippen molar-refractivity contribution in [1.82, 2.24) is 24.8 Å². The molecule has 2 aromatic heterocycles. The Hall–Kier alpha value is -1.64. The predicted molar refractivity (Wildman–Crippen MR) is 95.1 cm³/mol. The molecule has 0 bridgehead atoms. The molecule has 130 valence electrons. The lowest BCUT2D eigenvalue weighted by molar-refractivity contribution is -0.00471. The van der Waals surface area contributed by atoms with Crippen LogP contribution in [0.5, 0.6) is 0 Å². The number of hydrazine groups is 1. The lowest BCUT2D eigenvalue weighted by atomic mass is 10.1. The molecule has 0 amide bonds. The molecule has 0 aromatic carbocycles. The molecule has 1 aliphatic heterocycles. The highest BCUT2D eigenvalue weighted by molar-refractivity contribution is 7.98. The van der Waals surface area contributed by atoms with Crippen molar-refractivity contribution in [1.29, 1.82) is 0 Å². The molecular formula is C16H24N6OS. The summed E-state index contributed by atoms with van der Waals surface area (Å²) < 4.78 is 1.92. The first-order chi connectivity index (χ1) is 11.2. The lowest BCUT2D eigenvalue weighted by Gasteiger charge is -2.32. The molecule has 1 unspecified atom stereocenters. The largest absolute Gasteiger partial charge is 0.372 e. The highest BCUT2D eigenvalue weighted by Crippen LogP contribution is 2.42. The van der Waals surface area contributed by atoms with Crippen molar-refractivity contribution in [3.8, 4) is 0 Å². The van der Waals surface area contributed by atoms with Crippen LogP contribution < -0.4 is 5.01 Å². The summed E-state index contributed by atoms with van der Waals surface area (Å²) in [5, 5.41) is 19.9. The van der Waals surface area contributed by atoms with Gasteiger partial charge < -0.3 is 5.11 Å². The summed E-state index contributed by atoms with van der Waals surface area (Å²) in [6.45, 7) is 10.4. The Morgan fingerprint density at radius 3 is 2.54 bits per heavy atom. The number of thioether (sulfide) groups is 1. The number of hydrogen-bond donors (Lipinski definition) is 1. The minimum atomic E-state index is -0.782. The van der Waals surface area contributed by atoms with Crippen LogP contribution in [0.2, 0.25) is 0 Å². The van der Waals surface area contributed by atoms with Crippen molar-refractivity contribution in [2.24, 2.45) is 0 Å².